The van der Waals surface area contributed by atoms with Crippen molar-refractivity contribution in [2.45, 2.75) is 18.7 Å². The van der Waals surface area contributed by atoms with Crippen molar-refractivity contribution in [1.82, 2.24) is 10.6 Å². The molecule has 0 aromatic heterocycles. The molecule has 0 saturated carbocycles. The van der Waals surface area contributed by atoms with Crippen LogP contribution in [0.1, 0.15) is 5.56 Å². The fraction of sp³-hybridized carbons (Fsp3) is 0.250. The number of nitrogens with one attached hydrogen (secondary N) is 2. The SMILES string of the molecule is O=C[C@H]1NC(=O)[C@H]1NC(=O)OCc1ccccc1. The summed E-state index contributed by atoms with van der Waals surface area (Å²) in [6, 6.07) is 7.66. The number of rotatable bonds is 4. The molecule has 2 rings (SSSR count). The highest BCUT2D eigenvalue weighted by Gasteiger charge is 2.40. The van der Waals surface area contributed by atoms with Gasteiger partial charge in [-0.3, -0.25) is 4.79 Å². The Labute approximate surface area is 103 Å². The van der Waals surface area contributed by atoms with Gasteiger partial charge in [0.2, 0.25) is 5.91 Å². The second-order valence-electron chi connectivity index (χ2n) is 3.85. The summed E-state index contributed by atoms with van der Waals surface area (Å²) in [6.07, 6.45) is -0.144. The fourth-order valence-corrected chi connectivity index (χ4v) is 1.56. The van der Waals surface area contributed by atoms with Crippen molar-refractivity contribution in [2.75, 3.05) is 0 Å². The molecule has 0 radical (unpaired) electrons. The standard InChI is InChI=1S/C12H12N2O4/c15-6-9-10(11(16)13-9)14-12(17)18-7-8-4-2-1-3-5-8/h1-6,9-10H,7H2,(H,13,16)(H,14,17)/t9-,10+/m1/s1. The van der Waals surface area contributed by atoms with Gasteiger partial charge in [-0.25, -0.2) is 4.79 Å². The molecule has 0 spiro atoms. The van der Waals surface area contributed by atoms with Crippen LogP contribution >= 0.6 is 0 Å². The lowest BCUT2D eigenvalue weighted by molar-refractivity contribution is -0.135. The van der Waals surface area contributed by atoms with Gasteiger partial charge in [0.05, 0.1) is 0 Å². The zero-order chi connectivity index (χ0) is 13.0. The van der Waals surface area contributed by atoms with Crippen LogP contribution in [0.2, 0.25) is 0 Å². The fourth-order valence-electron chi connectivity index (χ4n) is 1.56. The Hall–Kier alpha value is -2.37. The van der Waals surface area contributed by atoms with Crippen molar-refractivity contribution in [3.8, 4) is 0 Å². The van der Waals surface area contributed by atoms with E-state index in [0.717, 1.165) is 5.56 Å². The Bertz CT molecular complexity index is 460. The quantitative estimate of drug-likeness (QED) is 0.579. The van der Waals surface area contributed by atoms with Gasteiger partial charge in [-0.2, -0.15) is 0 Å². The van der Waals surface area contributed by atoms with E-state index in [1.165, 1.54) is 0 Å². The van der Waals surface area contributed by atoms with Gasteiger partial charge in [0.15, 0.2) is 0 Å². The van der Waals surface area contributed by atoms with Gasteiger partial charge >= 0.3 is 6.09 Å². The van der Waals surface area contributed by atoms with E-state index in [9.17, 15) is 14.4 Å². The maximum absolute atomic E-state index is 11.4. The number of ether oxygens (including phenoxy) is 1. The first-order valence-electron chi connectivity index (χ1n) is 5.43. The first-order chi connectivity index (χ1) is 8.70. The van der Waals surface area contributed by atoms with Gasteiger partial charge in [0.25, 0.3) is 0 Å². The molecule has 18 heavy (non-hydrogen) atoms. The Morgan fingerprint density at radius 3 is 2.72 bits per heavy atom. The van der Waals surface area contributed by atoms with Crippen molar-refractivity contribution in [3.63, 3.8) is 0 Å². The lowest BCUT2D eigenvalue weighted by Crippen LogP contribution is -2.69. The Morgan fingerprint density at radius 1 is 1.39 bits per heavy atom. The number of alkyl carbamates (subject to hydrolysis) is 1. The smallest absolute Gasteiger partial charge is 0.408 e. The largest absolute Gasteiger partial charge is 0.445 e. The predicted octanol–water partition coefficient (Wildman–Crippen LogP) is -0.0213. The maximum atomic E-state index is 11.4. The van der Waals surface area contributed by atoms with Crippen molar-refractivity contribution in [3.05, 3.63) is 35.9 Å². The summed E-state index contributed by atoms with van der Waals surface area (Å²) in [5.74, 6) is -0.385. The molecule has 1 aliphatic rings. The second kappa shape index (κ2) is 5.31. The molecule has 2 N–H and O–H groups in total. The third-order valence-corrected chi connectivity index (χ3v) is 2.58. The average Bonchev–Trinajstić information content (AvgIpc) is 2.41. The molecule has 0 bridgehead atoms. The molecule has 6 heteroatoms. The summed E-state index contributed by atoms with van der Waals surface area (Å²) in [4.78, 5) is 33.0. The lowest BCUT2D eigenvalue weighted by Gasteiger charge is -2.32. The van der Waals surface area contributed by atoms with E-state index in [-0.39, 0.29) is 12.5 Å². The Kier molecular flexibility index (Phi) is 3.57. The van der Waals surface area contributed by atoms with E-state index in [1.54, 1.807) is 0 Å². The van der Waals surface area contributed by atoms with Crippen molar-refractivity contribution >= 4 is 18.3 Å². The summed E-state index contributed by atoms with van der Waals surface area (Å²) in [5.41, 5.74) is 0.845. The topological polar surface area (TPSA) is 84.5 Å². The lowest BCUT2D eigenvalue weighted by atomic mass is 10.0. The van der Waals surface area contributed by atoms with Gasteiger partial charge in [-0.15, -0.1) is 0 Å². The first-order valence-corrected chi connectivity index (χ1v) is 5.43. The molecule has 2 amide bonds. The second-order valence-corrected chi connectivity index (χ2v) is 3.85. The molecule has 2 atom stereocenters. The van der Waals surface area contributed by atoms with Crippen LogP contribution in [-0.2, 0) is 20.9 Å². The Balaban J connectivity index is 1.79. The van der Waals surface area contributed by atoms with Crippen molar-refractivity contribution in [1.29, 1.82) is 0 Å². The summed E-state index contributed by atoms with van der Waals surface area (Å²) >= 11 is 0. The van der Waals surface area contributed by atoms with Crippen LogP contribution in [0.15, 0.2) is 30.3 Å². The summed E-state index contributed by atoms with van der Waals surface area (Å²) < 4.78 is 4.93. The van der Waals surface area contributed by atoms with E-state index in [2.05, 4.69) is 10.6 Å². The molecule has 0 unspecified atom stereocenters. The maximum Gasteiger partial charge on any atom is 0.408 e. The number of hydrogen-bond donors (Lipinski definition) is 2. The molecule has 1 fully saturated rings. The normalized spacial score (nSPS) is 21.4. The molecule has 94 valence electrons. The molecule has 1 aromatic carbocycles. The zero-order valence-corrected chi connectivity index (χ0v) is 9.46. The molecule has 1 heterocycles. The van der Waals surface area contributed by atoms with Crippen LogP contribution in [0.3, 0.4) is 0 Å². The first kappa shape index (κ1) is 12.1. The monoisotopic (exact) mass is 248 g/mol. The van der Waals surface area contributed by atoms with E-state index < -0.39 is 18.2 Å². The van der Waals surface area contributed by atoms with Crippen LogP contribution in [0, 0.1) is 0 Å². The number of carbonyl (C=O) groups excluding carboxylic acids is 3. The third-order valence-electron chi connectivity index (χ3n) is 2.58. The minimum absolute atomic E-state index is 0.118. The van der Waals surface area contributed by atoms with Gasteiger partial charge in [0.1, 0.15) is 25.0 Å². The molecule has 1 saturated heterocycles. The predicted molar refractivity (Wildman–Crippen MR) is 61.5 cm³/mol. The van der Waals surface area contributed by atoms with E-state index in [1.807, 2.05) is 30.3 Å². The van der Waals surface area contributed by atoms with Crippen LogP contribution < -0.4 is 10.6 Å². The molecular weight excluding hydrogens is 236 g/mol. The summed E-state index contributed by atoms with van der Waals surface area (Å²) in [5, 5.41) is 4.68. The molecule has 1 aromatic rings. The molecule has 0 aliphatic carbocycles. The summed E-state index contributed by atoms with van der Waals surface area (Å²) in [6.45, 7) is 0.118. The highest BCUT2D eigenvalue weighted by Crippen LogP contribution is 2.05. The van der Waals surface area contributed by atoms with Crippen molar-refractivity contribution < 1.29 is 19.1 Å². The van der Waals surface area contributed by atoms with Crippen molar-refractivity contribution in [2.24, 2.45) is 0 Å². The van der Waals surface area contributed by atoms with Crippen LogP contribution in [0.4, 0.5) is 4.79 Å². The molecule has 6 nitrogen and oxygen atoms in total. The zero-order valence-electron chi connectivity index (χ0n) is 9.46. The van der Waals surface area contributed by atoms with Crippen LogP contribution in [0.25, 0.3) is 0 Å². The van der Waals surface area contributed by atoms with Gasteiger partial charge in [0, 0.05) is 0 Å². The highest BCUT2D eigenvalue weighted by molar-refractivity contribution is 5.97. The van der Waals surface area contributed by atoms with E-state index in [4.69, 9.17) is 4.74 Å². The minimum Gasteiger partial charge on any atom is -0.445 e. The van der Waals surface area contributed by atoms with Gasteiger partial charge in [-0.05, 0) is 5.56 Å². The van der Waals surface area contributed by atoms with E-state index >= 15 is 0 Å². The number of benzene rings is 1. The number of β-lactam (4-membered cyclic amide) rings is 1. The number of aldehydes is 1. The minimum atomic E-state index is -0.828. The van der Waals surface area contributed by atoms with Crippen LogP contribution in [-0.4, -0.2) is 30.4 Å². The number of carbonyl (C=O) groups is 3. The highest BCUT2D eigenvalue weighted by atomic mass is 16.5. The van der Waals surface area contributed by atoms with Crippen LogP contribution in [0.5, 0.6) is 0 Å². The number of amides is 2. The summed E-state index contributed by atoms with van der Waals surface area (Å²) in [7, 11) is 0. The van der Waals surface area contributed by atoms with Gasteiger partial charge < -0.3 is 20.2 Å². The number of hydrogen-bond acceptors (Lipinski definition) is 4. The third kappa shape index (κ3) is 2.65. The molecule has 1 aliphatic heterocycles. The molecular formula is C12H12N2O4. The average molecular weight is 248 g/mol. The van der Waals surface area contributed by atoms with E-state index in [0.29, 0.717) is 6.29 Å². The Morgan fingerprint density at radius 2 is 2.11 bits per heavy atom. The van der Waals surface area contributed by atoms with Gasteiger partial charge in [-0.1, -0.05) is 30.3 Å².